The first kappa shape index (κ1) is 61.8. The monoisotopic (exact) mass is 1090 g/mol. The molecule has 0 aliphatic rings. The van der Waals surface area contributed by atoms with Gasteiger partial charge in [0, 0.05) is 60.6 Å². The summed E-state index contributed by atoms with van der Waals surface area (Å²) in [5.41, 5.74) is 7.33. The number of hydrogen-bond donors (Lipinski definition) is 6. The van der Waals surface area contributed by atoms with Gasteiger partial charge in [-0.25, -0.2) is 14.4 Å². The Morgan fingerprint density at radius 3 is 1.23 bits per heavy atom. The molecular weight excluding hydrogens is 1030 g/mol. The standard InChI is InChI=1S/C16H21F3N6O3.C16H21F3N6O2.C14H22N6O2/c1-23(10-4-8-20-14(26)16(17,18)19)11-5-9-21-15-22-25(28)13-7-3-2-6-12(13)24(15)27;1-24(10-4-8-20-14(26)16(17,18)19)11-5-9-21-15-22-12-6-2-3-7-13(12)25(27)23-15;1-18(10-4-8-15)11-5-9-16-14-17-20(22)13-7-3-2-6-12(13)19(14)21/h2-3,6-7H,4-5,8-11H2,1H3,(H,20,26)(H,21,22);2-3,6-7H,4-5,8-11H2,1H3,(H,20,26)(H,21,22,23);2-3,6-7H,4-5,8-11,15H2,1H3,(H,16,17). The Bertz CT molecular complexity index is 2800. The van der Waals surface area contributed by atoms with Crippen LogP contribution in [0.25, 0.3) is 33.1 Å². The second-order valence-electron chi connectivity index (χ2n) is 17.4. The average Bonchev–Trinajstić information content (AvgIpc) is 3.40. The molecule has 0 aliphatic carbocycles. The fourth-order valence-electron chi connectivity index (χ4n) is 7.12. The number of hydrogen-bond acceptors (Lipinski definition) is 18. The van der Waals surface area contributed by atoms with Crippen LogP contribution in [0.2, 0.25) is 0 Å². The molecule has 3 aromatic carbocycles. The zero-order valence-electron chi connectivity index (χ0n) is 42.7. The predicted octanol–water partition coefficient (Wildman–Crippen LogP) is 0.954. The van der Waals surface area contributed by atoms with E-state index in [0.29, 0.717) is 112 Å². The molecule has 6 rings (SSSR count). The number of benzene rings is 3. The molecule has 77 heavy (non-hydrogen) atoms. The van der Waals surface area contributed by atoms with Crippen molar-refractivity contribution in [1.82, 2.24) is 45.6 Å². The normalized spacial score (nSPS) is 11.6. The van der Waals surface area contributed by atoms with Crippen LogP contribution in [0.4, 0.5) is 44.2 Å². The van der Waals surface area contributed by atoms with E-state index in [0.717, 1.165) is 32.4 Å². The lowest BCUT2D eigenvalue weighted by atomic mass is 10.3. The Morgan fingerprint density at radius 2 is 0.831 bits per heavy atom. The highest BCUT2D eigenvalue weighted by Gasteiger charge is 2.39. The zero-order valence-corrected chi connectivity index (χ0v) is 42.7. The number of nitrogens with two attached hydrogens (primary N) is 1. The Labute approximate surface area is 438 Å². The summed E-state index contributed by atoms with van der Waals surface area (Å²) in [6.07, 6.45) is -5.79. The van der Waals surface area contributed by atoms with Gasteiger partial charge in [0.25, 0.3) is 22.5 Å². The molecular formula is C46H64F6N18O7. The van der Waals surface area contributed by atoms with E-state index in [4.69, 9.17) is 5.73 Å². The van der Waals surface area contributed by atoms with E-state index < -0.39 is 24.2 Å². The Morgan fingerprint density at radius 1 is 0.494 bits per heavy atom. The molecule has 3 heterocycles. The lowest BCUT2D eigenvalue weighted by Gasteiger charge is -2.16. The van der Waals surface area contributed by atoms with Gasteiger partial charge in [-0.2, -0.15) is 26.3 Å². The third kappa shape index (κ3) is 20.7. The van der Waals surface area contributed by atoms with Crippen molar-refractivity contribution in [3.8, 4) is 0 Å². The van der Waals surface area contributed by atoms with Crippen LogP contribution in [0.1, 0.15) is 38.5 Å². The summed E-state index contributed by atoms with van der Waals surface area (Å²) in [5, 5.41) is 83.4. The third-order valence-electron chi connectivity index (χ3n) is 11.1. The molecule has 25 nitrogen and oxygen atoms in total. The van der Waals surface area contributed by atoms with Gasteiger partial charge in [-0.05, 0) is 115 Å². The molecule has 0 fully saturated rings. The van der Waals surface area contributed by atoms with Gasteiger partial charge in [-0.1, -0.05) is 36.4 Å². The molecule has 0 radical (unpaired) electrons. The van der Waals surface area contributed by atoms with Crippen LogP contribution in [0.15, 0.2) is 72.8 Å². The van der Waals surface area contributed by atoms with Crippen molar-refractivity contribution in [2.45, 2.75) is 50.9 Å². The number of amides is 2. The first-order chi connectivity index (χ1) is 36.6. The number of fused-ring (bicyclic) bond motifs is 3. The SMILES string of the molecule is CN(CCCN)CCCNc1n[n+]([O-])c2ccccc2[n+]1[O-].CN(CCCNC(=O)C(F)(F)F)CCCNc1n[n+]([O-])c2ccccc2[n+]1[O-].CN(CCCNC(=O)C(F)(F)F)CCCNc1nc2ccccc2[n+]([O-])n1. The summed E-state index contributed by atoms with van der Waals surface area (Å²) in [5.74, 6) is -3.70. The van der Waals surface area contributed by atoms with E-state index in [1.165, 1.54) is 12.1 Å². The number of rotatable bonds is 26. The molecule has 2 amide bonds. The Kier molecular flexibility index (Phi) is 24.6. The van der Waals surface area contributed by atoms with Crippen LogP contribution in [0.5, 0.6) is 0 Å². The highest BCUT2D eigenvalue weighted by Crippen LogP contribution is 2.15. The van der Waals surface area contributed by atoms with Crippen LogP contribution in [0.3, 0.4) is 0 Å². The minimum atomic E-state index is -4.87. The highest BCUT2D eigenvalue weighted by atomic mass is 19.4. The third-order valence-corrected chi connectivity index (χ3v) is 11.1. The number of anilines is 3. The van der Waals surface area contributed by atoms with Crippen molar-refractivity contribution >= 4 is 62.8 Å². The summed E-state index contributed by atoms with van der Waals surface area (Å²) in [6.45, 7) is 6.23. The lowest BCUT2D eigenvalue weighted by Crippen LogP contribution is -2.44. The molecule has 422 valence electrons. The topological polar surface area (TPSA) is 316 Å². The van der Waals surface area contributed by atoms with Crippen LogP contribution >= 0.6 is 0 Å². The minimum Gasteiger partial charge on any atom is -0.739 e. The maximum atomic E-state index is 12.2. The molecule has 3 aromatic heterocycles. The number of aromatic nitrogens is 9. The van der Waals surface area contributed by atoms with E-state index >= 15 is 0 Å². The Balaban J connectivity index is 0.000000251. The number of alkyl halides is 6. The predicted molar refractivity (Wildman–Crippen MR) is 271 cm³/mol. The van der Waals surface area contributed by atoms with E-state index in [9.17, 15) is 62.0 Å². The van der Waals surface area contributed by atoms with E-state index in [2.05, 4.69) is 41.1 Å². The average molecular weight is 1100 g/mol. The van der Waals surface area contributed by atoms with E-state index in [1.807, 2.05) is 34.5 Å². The molecule has 6 aromatic rings. The lowest BCUT2D eigenvalue weighted by molar-refractivity contribution is -0.672. The summed E-state index contributed by atoms with van der Waals surface area (Å²) < 4.78 is 73.4. The molecule has 7 N–H and O–H groups in total. The molecule has 0 unspecified atom stereocenters. The van der Waals surface area contributed by atoms with Gasteiger partial charge in [0.1, 0.15) is 5.52 Å². The molecule has 0 saturated carbocycles. The van der Waals surface area contributed by atoms with Crippen LogP contribution in [-0.4, -0.2) is 159 Å². The van der Waals surface area contributed by atoms with Crippen LogP contribution < -0.4 is 56.3 Å². The van der Waals surface area contributed by atoms with Gasteiger partial charge in [0.2, 0.25) is 10.2 Å². The quantitative estimate of drug-likeness (QED) is 0.0191. The smallest absolute Gasteiger partial charge is 0.471 e. The van der Waals surface area contributed by atoms with Crippen LogP contribution in [0, 0.1) is 26.0 Å². The van der Waals surface area contributed by atoms with Gasteiger partial charge < -0.3 is 62.4 Å². The van der Waals surface area contributed by atoms with Crippen molar-refractivity contribution in [1.29, 1.82) is 0 Å². The maximum absolute atomic E-state index is 12.2. The fourth-order valence-corrected chi connectivity index (χ4v) is 7.12. The van der Waals surface area contributed by atoms with Gasteiger partial charge >= 0.3 is 36.1 Å². The van der Waals surface area contributed by atoms with Gasteiger partial charge in [-0.3, -0.25) is 20.2 Å². The number of nitrogens with one attached hydrogen (secondary N) is 5. The number of carbonyl (C=O) groups is 2. The number of carbonyl (C=O) groups excluding carboxylic acids is 2. The van der Waals surface area contributed by atoms with Crippen molar-refractivity contribution in [3.05, 3.63) is 98.8 Å². The largest absolute Gasteiger partial charge is 0.739 e. The van der Waals surface area contributed by atoms with Crippen LogP contribution in [-0.2, 0) is 9.59 Å². The summed E-state index contributed by atoms with van der Waals surface area (Å²) in [7, 11) is 5.66. The van der Waals surface area contributed by atoms with Gasteiger partial charge in [-0.15, -0.1) is 0 Å². The highest BCUT2D eigenvalue weighted by molar-refractivity contribution is 5.82. The van der Waals surface area contributed by atoms with Crippen molar-refractivity contribution in [2.75, 3.05) is 116 Å². The van der Waals surface area contributed by atoms with E-state index in [1.54, 1.807) is 67.7 Å². The molecule has 31 heteroatoms. The second-order valence-corrected chi connectivity index (χ2v) is 17.4. The van der Waals surface area contributed by atoms with E-state index in [-0.39, 0.29) is 47.5 Å². The fraction of sp³-hybridized carbons (Fsp3) is 0.500. The molecule has 0 bridgehead atoms. The Hall–Kier alpha value is -7.77. The first-order valence-electron chi connectivity index (χ1n) is 24.4. The molecule has 0 atom stereocenters. The zero-order chi connectivity index (χ0) is 56.5. The number of halogens is 6. The number of nitrogens with zero attached hydrogens (tertiary/aromatic N) is 12. The summed E-state index contributed by atoms with van der Waals surface area (Å²) in [6, 6.07) is 19.8. The van der Waals surface area contributed by atoms with Crippen molar-refractivity contribution in [3.63, 3.8) is 0 Å². The first-order valence-corrected chi connectivity index (χ1v) is 24.4. The molecule has 0 spiro atoms. The maximum Gasteiger partial charge on any atom is 0.471 e. The minimum absolute atomic E-state index is 0.0262. The van der Waals surface area contributed by atoms with Crippen molar-refractivity contribution < 1.29 is 59.9 Å². The van der Waals surface area contributed by atoms with Gasteiger partial charge in [0.15, 0.2) is 11.0 Å². The molecule has 0 aliphatic heterocycles. The summed E-state index contributed by atoms with van der Waals surface area (Å²) >= 11 is 0. The number of para-hydroxylation sites is 6. The second kappa shape index (κ2) is 30.7. The molecule has 0 saturated heterocycles. The van der Waals surface area contributed by atoms with Crippen molar-refractivity contribution in [2.24, 2.45) is 5.73 Å². The van der Waals surface area contributed by atoms with Gasteiger partial charge in [0.05, 0.1) is 18.2 Å². The summed E-state index contributed by atoms with van der Waals surface area (Å²) in [4.78, 5) is 33.0.